The lowest BCUT2D eigenvalue weighted by Crippen LogP contribution is -2.48. The topological polar surface area (TPSA) is 128 Å². The second-order valence-corrected chi connectivity index (χ2v) is 9.36. The van der Waals surface area contributed by atoms with Crippen LogP contribution in [0.3, 0.4) is 0 Å². The first-order chi connectivity index (χ1) is 18.4. The Balaban J connectivity index is 1.67. The summed E-state index contributed by atoms with van der Waals surface area (Å²) in [6.45, 7) is 0. The molecule has 0 saturated heterocycles. The summed E-state index contributed by atoms with van der Waals surface area (Å²) in [7, 11) is 0. The first-order valence-electron chi connectivity index (χ1n) is 12.5. The minimum atomic E-state index is -1.24. The van der Waals surface area contributed by atoms with Gasteiger partial charge in [0.15, 0.2) is 0 Å². The van der Waals surface area contributed by atoms with Gasteiger partial charge in [-0.25, -0.2) is 9.18 Å². The summed E-state index contributed by atoms with van der Waals surface area (Å²) in [5.74, 6) is -1.75. The summed E-state index contributed by atoms with van der Waals surface area (Å²) in [6, 6.07) is 14.0. The smallest absolute Gasteiger partial charge is 0.326 e. The van der Waals surface area contributed by atoms with E-state index in [2.05, 4.69) is 15.3 Å². The summed E-state index contributed by atoms with van der Waals surface area (Å²) in [5.41, 5.74) is -0.625. The van der Waals surface area contributed by atoms with Crippen LogP contribution in [0.5, 0.6) is 0 Å². The van der Waals surface area contributed by atoms with Crippen molar-refractivity contribution >= 4 is 28.4 Å². The molecule has 4 aromatic rings. The molecular weight excluding hydrogens is 489 g/mol. The van der Waals surface area contributed by atoms with Gasteiger partial charge in [0, 0.05) is 17.5 Å². The van der Waals surface area contributed by atoms with Gasteiger partial charge < -0.3 is 10.3 Å². The summed E-state index contributed by atoms with van der Waals surface area (Å²) in [4.78, 5) is 62.0. The molecule has 0 radical (unpaired) electrons. The zero-order valence-corrected chi connectivity index (χ0v) is 20.4. The minimum absolute atomic E-state index is 0.0646. The van der Waals surface area contributed by atoms with Crippen molar-refractivity contribution < 1.29 is 14.0 Å². The van der Waals surface area contributed by atoms with Gasteiger partial charge in [0.25, 0.3) is 11.5 Å². The van der Waals surface area contributed by atoms with E-state index in [1.54, 1.807) is 6.07 Å². The Morgan fingerprint density at radius 3 is 2.45 bits per heavy atom. The molecule has 1 aliphatic rings. The van der Waals surface area contributed by atoms with E-state index in [9.17, 15) is 23.6 Å². The van der Waals surface area contributed by atoms with Gasteiger partial charge in [-0.05, 0) is 42.7 Å². The lowest BCUT2D eigenvalue weighted by molar-refractivity contribution is -0.123. The molecule has 2 aromatic carbocycles. The molecule has 1 saturated carbocycles. The lowest BCUT2D eigenvalue weighted by Gasteiger charge is -2.33. The number of pyridine rings is 1. The molecule has 38 heavy (non-hydrogen) atoms. The van der Waals surface area contributed by atoms with E-state index >= 15 is 0 Å². The SMILES string of the molecule is O=C(NC1CCCCC1)[C@@H](c1ccc(F)cc1)N(C(=O)c1cc(=O)[nH]c(=O)[nH]1)c1cnc2ccccc2c1. The second kappa shape index (κ2) is 10.8. The fourth-order valence-electron chi connectivity index (χ4n) is 4.88. The maximum absolute atomic E-state index is 14.0. The van der Waals surface area contributed by atoms with Crippen molar-refractivity contribution in [2.24, 2.45) is 0 Å². The quantitative estimate of drug-likeness (QED) is 0.362. The molecule has 3 N–H and O–H groups in total. The van der Waals surface area contributed by atoms with Crippen LogP contribution in [0.15, 0.2) is 76.4 Å². The third-order valence-electron chi connectivity index (χ3n) is 6.71. The van der Waals surface area contributed by atoms with Crippen LogP contribution in [-0.2, 0) is 4.79 Å². The Morgan fingerprint density at radius 2 is 1.71 bits per heavy atom. The Hall–Kier alpha value is -4.60. The molecule has 1 aliphatic carbocycles. The van der Waals surface area contributed by atoms with Gasteiger partial charge in [-0.15, -0.1) is 0 Å². The van der Waals surface area contributed by atoms with Crippen LogP contribution < -0.4 is 21.5 Å². The zero-order chi connectivity index (χ0) is 26.6. The first kappa shape index (κ1) is 25.1. The fraction of sp³-hybridized carbons (Fsp3) is 0.250. The number of rotatable bonds is 6. The number of anilines is 1. The van der Waals surface area contributed by atoms with E-state index in [1.165, 1.54) is 35.4 Å². The number of aromatic nitrogens is 3. The normalized spacial score (nSPS) is 14.7. The predicted molar refractivity (Wildman–Crippen MR) is 140 cm³/mol. The van der Waals surface area contributed by atoms with Crippen LogP contribution in [0.25, 0.3) is 10.9 Å². The number of hydrogen-bond acceptors (Lipinski definition) is 5. The molecule has 0 aliphatic heterocycles. The van der Waals surface area contributed by atoms with Crippen molar-refractivity contribution in [2.75, 3.05) is 4.90 Å². The lowest BCUT2D eigenvalue weighted by atomic mass is 9.94. The van der Waals surface area contributed by atoms with Crippen LogP contribution in [0.1, 0.15) is 54.2 Å². The Bertz CT molecular complexity index is 1560. The summed E-state index contributed by atoms with van der Waals surface area (Å²) < 4.78 is 13.9. The molecule has 194 valence electrons. The van der Waals surface area contributed by atoms with Gasteiger partial charge in [0.2, 0.25) is 5.91 Å². The molecule has 2 amide bonds. The van der Waals surface area contributed by atoms with Gasteiger partial charge >= 0.3 is 5.69 Å². The van der Waals surface area contributed by atoms with Gasteiger partial charge in [-0.3, -0.25) is 29.3 Å². The monoisotopic (exact) mass is 515 g/mol. The molecule has 0 spiro atoms. The Labute approximate surface area is 216 Å². The molecule has 0 unspecified atom stereocenters. The second-order valence-electron chi connectivity index (χ2n) is 9.36. The van der Waals surface area contributed by atoms with Crippen LogP contribution in [0.2, 0.25) is 0 Å². The molecule has 10 heteroatoms. The van der Waals surface area contributed by atoms with E-state index in [4.69, 9.17) is 0 Å². The van der Waals surface area contributed by atoms with Crippen LogP contribution in [0.4, 0.5) is 10.1 Å². The molecule has 2 aromatic heterocycles. The number of H-pyrrole nitrogens is 2. The van der Waals surface area contributed by atoms with E-state index in [0.29, 0.717) is 16.5 Å². The highest BCUT2D eigenvalue weighted by Crippen LogP contribution is 2.31. The zero-order valence-electron chi connectivity index (χ0n) is 20.4. The number of para-hydroxylation sites is 1. The highest BCUT2D eigenvalue weighted by atomic mass is 19.1. The highest BCUT2D eigenvalue weighted by molar-refractivity contribution is 6.09. The third kappa shape index (κ3) is 5.39. The molecule has 1 atom stereocenters. The Morgan fingerprint density at radius 1 is 0.974 bits per heavy atom. The van der Waals surface area contributed by atoms with E-state index < -0.39 is 34.9 Å². The van der Waals surface area contributed by atoms with Crippen molar-refractivity contribution in [2.45, 2.75) is 44.2 Å². The van der Waals surface area contributed by atoms with Crippen molar-refractivity contribution in [3.05, 3.63) is 105 Å². The molecule has 5 rings (SSSR count). The van der Waals surface area contributed by atoms with E-state index in [1.807, 2.05) is 29.2 Å². The summed E-state index contributed by atoms with van der Waals surface area (Å²) >= 11 is 0. The maximum Gasteiger partial charge on any atom is 0.326 e. The van der Waals surface area contributed by atoms with Crippen molar-refractivity contribution in [3.8, 4) is 0 Å². The number of hydrogen-bond donors (Lipinski definition) is 3. The predicted octanol–water partition coefficient (Wildman–Crippen LogP) is 3.59. The van der Waals surface area contributed by atoms with Crippen molar-refractivity contribution in [1.29, 1.82) is 0 Å². The van der Waals surface area contributed by atoms with Crippen LogP contribution >= 0.6 is 0 Å². The largest absolute Gasteiger partial charge is 0.351 e. The number of carbonyl (C=O) groups is 2. The average molecular weight is 516 g/mol. The van der Waals surface area contributed by atoms with Crippen LogP contribution in [-0.4, -0.2) is 32.8 Å². The van der Waals surface area contributed by atoms with Crippen molar-refractivity contribution in [3.63, 3.8) is 0 Å². The standard InChI is InChI=1S/C28H26FN5O4/c29-19-12-10-17(11-13-19)25(26(36)31-20-7-2-1-3-8-20)34(27(37)23-15-24(35)33-28(38)32-23)21-14-18-6-4-5-9-22(18)30-16-21/h4-6,9-16,20,25H,1-3,7-8H2,(H,31,36)(H2,32,33,35,38)/t25-/m1/s1. The van der Waals surface area contributed by atoms with Gasteiger partial charge in [0.05, 0.1) is 17.4 Å². The molecule has 9 nitrogen and oxygen atoms in total. The summed E-state index contributed by atoms with van der Waals surface area (Å²) in [5, 5.41) is 3.78. The molecular formula is C28H26FN5O4. The van der Waals surface area contributed by atoms with Crippen LogP contribution in [0, 0.1) is 5.82 Å². The Kier molecular flexibility index (Phi) is 7.12. The average Bonchev–Trinajstić information content (AvgIpc) is 2.91. The van der Waals surface area contributed by atoms with E-state index in [0.717, 1.165) is 38.2 Å². The number of halogens is 1. The number of amides is 2. The fourth-order valence-corrected chi connectivity index (χ4v) is 4.88. The maximum atomic E-state index is 14.0. The number of aromatic amines is 2. The van der Waals surface area contributed by atoms with Gasteiger partial charge in [-0.2, -0.15) is 0 Å². The first-order valence-corrected chi connectivity index (χ1v) is 12.5. The molecule has 2 heterocycles. The number of benzene rings is 2. The number of nitrogens with one attached hydrogen (secondary N) is 3. The summed E-state index contributed by atoms with van der Waals surface area (Å²) in [6.07, 6.45) is 6.14. The number of nitrogens with zero attached hydrogens (tertiary/aromatic N) is 2. The van der Waals surface area contributed by atoms with Gasteiger partial charge in [0.1, 0.15) is 17.6 Å². The number of carbonyl (C=O) groups excluding carboxylic acids is 2. The highest BCUT2D eigenvalue weighted by Gasteiger charge is 2.35. The van der Waals surface area contributed by atoms with E-state index in [-0.39, 0.29) is 17.4 Å². The molecule has 0 bridgehead atoms. The van der Waals surface area contributed by atoms with Gasteiger partial charge in [-0.1, -0.05) is 49.6 Å². The molecule has 1 fully saturated rings. The van der Waals surface area contributed by atoms with Crippen molar-refractivity contribution in [1.82, 2.24) is 20.3 Å². The third-order valence-corrected chi connectivity index (χ3v) is 6.71. The number of fused-ring (bicyclic) bond motifs is 1. The minimum Gasteiger partial charge on any atom is -0.351 e.